The average Bonchev–Trinajstić information content (AvgIpc) is 2.32. The fourth-order valence-electron chi connectivity index (χ4n) is 2.47. The molecular weight excluding hydrogens is 281 g/mol. The van der Waals surface area contributed by atoms with Crippen molar-refractivity contribution in [3.63, 3.8) is 0 Å². The number of carbonyl (C=O) groups is 1. The lowest BCUT2D eigenvalue weighted by atomic mass is 9.97. The molecule has 0 aromatic heterocycles. The first kappa shape index (κ1) is 15.8. The van der Waals surface area contributed by atoms with Crippen molar-refractivity contribution in [3.8, 4) is 0 Å². The van der Waals surface area contributed by atoms with Gasteiger partial charge in [-0.2, -0.15) is 13.2 Å². The molecule has 1 saturated heterocycles. The van der Waals surface area contributed by atoms with Gasteiger partial charge in [-0.25, -0.2) is 0 Å². The Morgan fingerprint density at radius 2 is 1.95 bits per heavy atom. The predicted molar refractivity (Wildman–Crippen MR) is 75.1 cm³/mol. The van der Waals surface area contributed by atoms with Gasteiger partial charge in [-0.05, 0) is 17.5 Å². The van der Waals surface area contributed by atoms with E-state index >= 15 is 0 Å². The van der Waals surface area contributed by atoms with E-state index in [1.807, 2.05) is 38.1 Å². The van der Waals surface area contributed by atoms with E-state index in [4.69, 9.17) is 0 Å². The molecule has 1 N–H and O–H groups in total. The molecule has 0 aliphatic carbocycles. The van der Waals surface area contributed by atoms with Gasteiger partial charge in [-0.15, -0.1) is 0 Å². The third-order valence-corrected chi connectivity index (χ3v) is 3.57. The average molecular weight is 300 g/mol. The van der Waals surface area contributed by atoms with E-state index in [1.165, 1.54) is 4.90 Å². The minimum absolute atomic E-state index is 0.162. The number of alkyl halides is 3. The van der Waals surface area contributed by atoms with Crippen molar-refractivity contribution in [1.82, 2.24) is 4.90 Å². The monoisotopic (exact) mass is 300 g/mol. The van der Waals surface area contributed by atoms with Gasteiger partial charge in [0.1, 0.15) is 0 Å². The van der Waals surface area contributed by atoms with Crippen LogP contribution < -0.4 is 5.32 Å². The van der Waals surface area contributed by atoms with E-state index < -0.39 is 12.7 Å². The van der Waals surface area contributed by atoms with E-state index in [1.54, 1.807) is 0 Å². The van der Waals surface area contributed by atoms with Crippen molar-refractivity contribution in [1.29, 1.82) is 0 Å². The van der Waals surface area contributed by atoms with Gasteiger partial charge in [0.25, 0.3) is 0 Å². The highest BCUT2D eigenvalue weighted by Crippen LogP contribution is 2.27. The molecular formula is C15H19F3N2O. The number of hydrogen-bond donors (Lipinski definition) is 1. The fraction of sp³-hybridized carbons (Fsp3) is 0.533. The first-order chi connectivity index (χ1) is 9.76. The van der Waals surface area contributed by atoms with Gasteiger partial charge in [0.05, 0.1) is 12.5 Å². The van der Waals surface area contributed by atoms with Crippen molar-refractivity contribution < 1.29 is 18.0 Å². The molecule has 0 saturated carbocycles. The van der Waals surface area contributed by atoms with Gasteiger partial charge in [0, 0.05) is 18.8 Å². The number of halogens is 3. The number of amides is 1. The van der Waals surface area contributed by atoms with E-state index in [0.717, 1.165) is 11.3 Å². The second-order valence-corrected chi connectivity index (χ2v) is 5.74. The molecule has 0 radical (unpaired) electrons. The highest BCUT2D eigenvalue weighted by Gasteiger charge is 2.39. The molecule has 2 rings (SSSR count). The van der Waals surface area contributed by atoms with E-state index in [-0.39, 0.29) is 30.8 Å². The number of carbonyl (C=O) groups excluding carboxylic acids is 1. The predicted octanol–water partition coefficient (Wildman–Crippen LogP) is 3.24. The molecule has 1 aromatic rings. The summed E-state index contributed by atoms with van der Waals surface area (Å²) in [6, 6.07) is 7.49. The number of nitrogens with one attached hydrogen (secondary N) is 1. The summed E-state index contributed by atoms with van der Waals surface area (Å²) < 4.78 is 36.6. The number of nitrogens with zero attached hydrogens (tertiary/aromatic N) is 1. The maximum Gasteiger partial charge on any atom is 0.401 e. The Kier molecular flexibility index (Phi) is 4.56. The Morgan fingerprint density at radius 1 is 1.33 bits per heavy atom. The Morgan fingerprint density at radius 3 is 2.52 bits per heavy atom. The second-order valence-electron chi connectivity index (χ2n) is 5.74. The number of anilines is 1. The number of likely N-dealkylation sites (tertiary alicyclic amines) is 1. The number of para-hydroxylation sites is 1. The third kappa shape index (κ3) is 4.20. The van der Waals surface area contributed by atoms with Gasteiger partial charge >= 0.3 is 6.18 Å². The highest BCUT2D eigenvalue weighted by atomic mass is 19.4. The maximum absolute atomic E-state index is 12.2. The van der Waals surface area contributed by atoms with Crippen LogP contribution in [-0.2, 0) is 4.79 Å². The molecule has 1 fully saturated rings. The third-order valence-electron chi connectivity index (χ3n) is 3.57. The van der Waals surface area contributed by atoms with Crippen LogP contribution in [0.15, 0.2) is 24.3 Å². The Hall–Kier alpha value is -1.56. The molecule has 1 aliphatic rings. The Balaban J connectivity index is 1.90. The van der Waals surface area contributed by atoms with Crippen LogP contribution >= 0.6 is 0 Å². The lowest BCUT2D eigenvalue weighted by Crippen LogP contribution is -2.54. The number of hydrogen-bond acceptors (Lipinski definition) is 2. The quantitative estimate of drug-likeness (QED) is 0.926. The van der Waals surface area contributed by atoms with Crippen LogP contribution in [0.25, 0.3) is 0 Å². The van der Waals surface area contributed by atoms with Crippen LogP contribution in [0.3, 0.4) is 0 Å². The molecule has 116 valence electrons. The summed E-state index contributed by atoms with van der Waals surface area (Å²) in [6.07, 6.45) is -4.20. The highest BCUT2D eigenvalue weighted by molar-refractivity contribution is 5.94. The smallest absolute Gasteiger partial charge is 0.326 e. The number of rotatable bonds is 4. The molecule has 1 aromatic carbocycles. The molecule has 0 atom stereocenters. The maximum atomic E-state index is 12.2. The zero-order chi connectivity index (χ0) is 15.6. The van der Waals surface area contributed by atoms with Crippen LogP contribution in [0.1, 0.15) is 25.3 Å². The first-order valence-electron chi connectivity index (χ1n) is 6.95. The minimum atomic E-state index is -4.20. The molecule has 1 amide bonds. The van der Waals surface area contributed by atoms with E-state index in [2.05, 4.69) is 5.32 Å². The molecule has 0 unspecified atom stereocenters. The second kappa shape index (κ2) is 6.05. The van der Waals surface area contributed by atoms with E-state index in [0.29, 0.717) is 0 Å². The summed E-state index contributed by atoms with van der Waals surface area (Å²) in [5, 5.41) is 2.83. The SMILES string of the molecule is CC(C)c1ccccc1NC(=O)C1CN(CC(F)(F)F)C1. The Labute approximate surface area is 122 Å². The molecule has 0 bridgehead atoms. The normalized spacial score (nSPS) is 16.9. The van der Waals surface area contributed by atoms with E-state index in [9.17, 15) is 18.0 Å². The van der Waals surface area contributed by atoms with Gasteiger partial charge in [-0.3, -0.25) is 9.69 Å². The lowest BCUT2D eigenvalue weighted by molar-refractivity contribution is -0.162. The zero-order valence-electron chi connectivity index (χ0n) is 12.1. The summed E-state index contributed by atoms with van der Waals surface area (Å²) >= 11 is 0. The van der Waals surface area contributed by atoms with Crippen LogP contribution in [0, 0.1) is 5.92 Å². The summed E-state index contributed by atoms with van der Waals surface area (Å²) in [6.45, 7) is 3.43. The standard InChI is InChI=1S/C15H19F3N2O/c1-10(2)12-5-3-4-6-13(12)19-14(21)11-7-20(8-11)9-15(16,17)18/h3-6,10-11H,7-9H2,1-2H3,(H,19,21). The van der Waals surface area contributed by atoms with Crippen molar-refractivity contribution in [2.75, 3.05) is 25.0 Å². The summed E-state index contributed by atoms with van der Waals surface area (Å²) in [7, 11) is 0. The first-order valence-corrected chi connectivity index (χ1v) is 6.95. The molecule has 21 heavy (non-hydrogen) atoms. The minimum Gasteiger partial charge on any atom is -0.326 e. The summed E-state index contributed by atoms with van der Waals surface area (Å²) in [4.78, 5) is 13.3. The van der Waals surface area contributed by atoms with Gasteiger partial charge in [0.15, 0.2) is 0 Å². The van der Waals surface area contributed by atoms with Crippen LogP contribution in [-0.4, -0.2) is 36.6 Å². The van der Waals surface area contributed by atoms with Crippen molar-refractivity contribution in [3.05, 3.63) is 29.8 Å². The topological polar surface area (TPSA) is 32.3 Å². The molecule has 0 spiro atoms. The van der Waals surface area contributed by atoms with Crippen molar-refractivity contribution >= 4 is 11.6 Å². The molecule has 6 heteroatoms. The van der Waals surface area contributed by atoms with Crippen molar-refractivity contribution in [2.45, 2.75) is 25.9 Å². The molecule has 1 aliphatic heterocycles. The largest absolute Gasteiger partial charge is 0.401 e. The van der Waals surface area contributed by atoms with Crippen molar-refractivity contribution in [2.24, 2.45) is 5.92 Å². The van der Waals surface area contributed by atoms with Crippen LogP contribution in [0.4, 0.5) is 18.9 Å². The summed E-state index contributed by atoms with van der Waals surface area (Å²) in [5.41, 5.74) is 1.77. The molecule has 1 heterocycles. The summed E-state index contributed by atoms with van der Waals surface area (Å²) in [5.74, 6) is -0.307. The fourth-order valence-corrected chi connectivity index (χ4v) is 2.47. The van der Waals surface area contributed by atoms with Crippen LogP contribution in [0.2, 0.25) is 0 Å². The molecule has 3 nitrogen and oxygen atoms in total. The van der Waals surface area contributed by atoms with Gasteiger partial charge in [-0.1, -0.05) is 32.0 Å². The van der Waals surface area contributed by atoms with Gasteiger partial charge in [0.2, 0.25) is 5.91 Å². The van der Waals surface area contributed by atoms with Gasteiger partial charge < -0.3 is 5.32 Å². The Bertz CT molecular complexity index is 508. The number of benzene rings is 1. The van der Waals surface area contributed by atoms with Crippen LogP contribution in [0.5, 0.6) is 0 Å². The lowest BCUT2D eigenvalue weighted by Gasteiger charge is -2.38. The zero-order valence-corrected chi connectivity index (χ0v) is 12.1.